The van der Waals surface area contributed by atoms with Crippen LogP contribution in [-0.2, 0) is 16.1 Å². The van der Waals surface area contributed by atoms with Gasteiger partial charge in [0.05, 0.1) is 18.5 Å². The molecule has 1 aromatic carbocycles. The molecule has 1 aliphatic heterocycles. The molecule has 172 valence electrons. The van der Waals surface area contributed by atoms with Crippen LogP contribution in [0.25, 0.3) is 11.1 Å². The highest BCUT2D eigenvalue weighted by Gasteiger charge is 2.32. The van der Waals surface area contributed by atoms with Gasteiger partial charge in [0.25, 0.3) is 5.56 Å². The molecule has 0 spiro atoms. The zero-order valence-electron chi connectivity index (χ0n) is 17.3. The van der Waals surface area contributed by atoms with Crippen molar-refractivity contribution in [2.24, 2.45) is 0 Å². The van der Waals surface area contributed by atoms with E-state index in [1.165, 1.54) is 29.9 Å². The van der Waals surface area contributed by atoms with Gasteiger partial charge < -0.3 is 14.4 Å². The number of esters is 1. The van der Waals surface area contributed by atoms with E-state index in [-0.39, 0.29) is 12.3 Å². The van der Waals surface area contributed by atoms with Crippen LogP contribution >= 0.6 is 23.1 Å². The number of rotatable bonds is 4. The Kier molecular flexibility index (Phi) is 6.21. The van der Waals surface area contributed by atoms with Crippen LogP contribution in [-0.4, -0.2) is 36.0 Å². The normalized spacial score (nSPS) is 15.5. The molecule has 4 rings (SSSR count). The van der Waals surface area contributed by atoms with Gasteiger partial charge in [-0.15, -0.1) is 24.5 Å². The quantitative estimate of drug-likeness (QED) is 0.515. The molecule has 3 heterocycles. The second kappa shape index (κ2) is 8.94. The van der Waals surface area contributed by atoms with Crippen LogP contribution in [0.4, 0.5) is 18.9 Å². The molecule has 0 saturated carbocycles. The maximum Gasteiger partial charge on any atom is 0.573 e. The number of nitrogens with zero attached hydrogens (tertiary/aromatic N) is 3. The number of ether oxygens (including phenoxy) is 2. The number of hydrogen-bond acceptors (Lipinski definition) is 8. The van der Waals surface area contributed by atoms with Crippen LogP contribution in [0.2, 0.25) is 0 Å². The maximum absolute atomic E-state index is 13.3. The van der Waals surface area contributed by atoms with Crippen LogP contribution in [0.1, 0.15) is 5.69 Å². The van der Waals surface area contributed by atoms with Gasteiger partial charge in [0, 0.05) is 18.1 Å². The summed E-state index contributed by atoms with van der Waals surface area (Å²) in [5, 5.41) is 0.531. The largest absolute Gasteiger partial charge is 0.573 e. The molecule has 7 nitrogen and oxygen atoms in total. The topological polar surface area (TPSA) is 73.7 Å². The number of thiazole rings is 1. The molecule has 2 aromatic heterocycles. The first kappa shape index (κ1) is 22.9. The van der Waals surface area contributed by atoms with Gasteiger partial charge in [-0.05, 0) is 36.4 Å². The van der Waals surface area contributed by atoms with E-state index in [4.69, 9.17) is 4.74 Å². The van der Waals surface area contributed by atoms with Crippen LogP contribution in [0.15, 0.2) is 52.3 Å². The predicted molar refractivity (Wildman–Crippen MR) is 118 cm³/mol. The lowest BCUT2D eigenvalue weighted by atomic mass is 10.3. The first-order valence-electron chi connectivity index (χ1n) is 9.41. The van der Waals surface area contributed by atoms with Crippen molar-refractivity contribution in [2.75, 3.05) is 19.1 Å². The van der Waals surface area contributed by atoms with E-state index < -0.39 is 17.9 Å². The first-order chi connectivity index (χ1) is 15.7. The third-order valence-corrected chi connectivity index (χ3v) is 7.08. The Balaban J connectivity index is 1.84. The summed E-state index contributed by atoms with van der Waals surface area (Å²) in [5.41, 5.74) is 0.812. The number of methoxy groups -OCH3 is 1. The average molecular weight is 496 g/mol. The minimum absolute atomic E-state index is 0.289. The Hall–Kier alpha value is -3.25. The van der Waals surface area contributed by atoms with Gasteiger partial charge in [-0.2, -0.15) is 0 Å². The van der Waals surface area contributed by atoms with Crippen molar-refractivity contribution in [3.05, 3.63) is 67.8 Å². The predicted octanol–water partition coefficient (Wildman–Crippen LogP) is 2.51. The first-order valence-corrected chi connectivity index (χ1v) is 11.0. The lowest BCUT2D eigenvalue weighted by Crippen LogP contribution is -2.36. The molecule has 1 aliphatic rings. The van der Waals surface area contributed by atoms with E-state index in [1.807, 2.05) is 0 Å². The Morgan fingerprint density at radius 1 is 1.24 bits per heavy atom. The monoisotopic (exact) mass is 495 g/mol. The van der Waals surface area contributed by atoms with Crippen LogP contribution in [0.3, 0.4) is 0 Å². The number of benzene rings is 1. The minimum Gasteiger partial charge on any atom is -0.468 e. The van der Waals surface area contributed by atoms with E-state index in [9.17, 15) is 22.8 Å². The van der Waals surface area contributed by atoms with Crippen molar-refractivity contribution < 1.29 is 27.4 Å². The summed E-state index contributed by atoms with van der Waals surface area (Å²) >= 11 is 2.31. The molecule has 0 bridgehead atoms. The summed E-state index contributed by atoms with van der Waals surface area (Å²) < 4.78 is 48.6. The third kappa shape index (κ3) is 4.91. The summed E-state index contributed by atoms with van der Waals surface area (Å²) in [4.78, 5) is 31.6. The van der Waals surface area contributed by atoms with E-state index in [0.29, 0.717) is 30.5 Å². The zero-order chi connectivity index (χ0) is 23.8. The molecule has 0 atom stereocenters. The molecule has 0 amide bonds. The molecule has 0 N–H and O–H groups in total. The highest BCUT2D eigenvalue weighted by molar-refractivity contribution is 8.08. The fourth-order valence-electron chi connectivity index (χ4n) is 3.13. The smallest absolute Gasteiger partial charge is 0.468 e. The number of anilines is 1. The highest BCUT2D eigenvalue weighted by atomic mass is 32.2. The second-order valence-corrected chi connectivity index (χ2v) is 8.84. The van der Waals surface area contributed by atoms with Gasteiger partial charge in [-0.3, -0.25) is 19.1 Å². The fourth-order valence-corrected chi connectivity index (χ4v) is 5.56. The Morgan fingerprint density at radius 3 is 2.70 bits per heavy atom. The minimum atomic E-state index is -4.80. The number of fused-ring (bicyclic) bond motifs is 1. The molecular weight excluding hydrogens is 479 g/mol. The molecular formula is C21H16F3N3O4S2. The van der Waals surface area contributed by atoms with Crippen molar-refractivity contribution in [1.82, 2.24) is 9.55 Å². The lowest BCUT2D eigenvalue weighted by molar-refractivity contribution is -0.274. The number of halogens is 3. The molecule has 0 saturated heterocycles. The molecule has 0 aliphatic carbocycles. The maximum atomic E-state index is 13.3. The number of thioether (sulfide) groups is 1. The molecule has 33 heavy (non-hydrogen) atoms. The van der Waals surface area contributed by atoms with Crippen molar-refractivity contribution in [3.63, 3.8) is 0 Å². The Bertz CT molecular complexity index is 1380. The number of hydrogen-bond donors (Lipinski definition) is 0. The summed E-state index contributed by atoms with van der Waals surface area (Å²) in [5.74, 6) is -0.936. The third-order valence-electron chi connectivity index (χ3n) is 4.62. The number of alkyl halides is 3. The van der Waals surface area contributed by atoms with E-state index in [1.54, 1.807) is 42.4 Å². The lowest BCUT2D eigenvalue weighted by Gasteiger charge is -2.13. The highest BCUT2D eigenvalue weighted by Crippen LogP contribution is 2.47. The van der Waals surface area contributed by atoms with Crippen molar-refractivity contribution >= 4 is 45.9 Å². The van der Waals surface area contributed by atoms with Gasteiger partial charge in [-0.1, -0.05) is 17.8 Å². The average Bonchev–Trinajstić information content (AvgIpc) is 3.24. The van der Waals surface area contributed by atoms with Gasteiger partial charge in [0.15, 0.2) is 0 Å². The SMILES string of the molecule is COC(=O)Cn1c(=O)/c(=C2\Sc3cc(OC(F)(F)F)ccc3N2C)s/c1=C\c1ccccn1. The Morgan fingerprint density at radius 2 is 2.03 bits per heavy atom. The van der Waals surface area contributed by atoms with Crippen molar-refractivity contribution in [3.8, 4) is 5.75 Å². The van der Waals surface area contributed by atoms with Crippen molar-refractivity contribution in [2.45, 2.75) is 17.8 Å². The van der Waals surface area contributed by atoms with Crippen molar-refractivity contribution in [1.29, 1.82) is 0 Å². The van der Waals surface area contributed by atoms with Gasteiger partial charge in [-0.25, -0.2) is 0 Å². The van der Waals surface area contributed by atoms with E-state index in [0.717, 1.165) is 23.1 Å². The molecule has 3 aromatic rings. The van der Waals surface area contributed by atoms with E-state index in [2.05, 4.69) is 9.72 Å². The number of carbonyl (C=O) groups is 1. The molecule has 12 heteroatoms. The molecule has 0 fully saturated rings. The fraction of sp³-hybridized carbons (Fsp3) is 0.190. The molecule has 0 radical (unpaired) electrons. The van der Waals surface area contributed by atoms with Crippen LogP contribution < -0.4 is 24.4 Å². The summed E-state index contributed by atoms with van der Waals surface area (Å²) in [6, 6.07) is 9.30. The number of carbonyl (C=O) groups excluding carboxylic acids is 1. The summed E-state index contributed by atoms with van der Waals surface area (Å²) in [6.45, 7) is -0.289. The number of aromatic nitrogens is 2. The standard InChI is InChI=1S/C21H16F3N3O4S2/c1-26-14-7-6-13(31-21(22,23)24)10-15(14)32-20(26)18-19(29)27(11-17(28)30-2)16(33-18)9-12-5-3-4-8-25-12/h3-10H,11H2,1-2H3/b16-9-,20-18+. The summed E-state index contributed by atoms with van der Waals surface area (Å²) in [7, 11) is 2.94. The zero-order valence-corrected chi connectivity index (χ0v) is 18.9. The van der Waals surface area contributed by atoms with Gasteiger partial charge in [0.2, 0.25) is 0 Å². The molecule has 0 unspecified atom stereocenters. The Labute approximate surface area is 193 Å². The van der Waals surface area contributed by atoms with Crippen LogP contribution in [0.5, 0.6) is 5.75 Å². The summed E-state index contributed by atoms with van der Waals surface area (Å²) in [6.07, 6.45) is -1.52. The van der Waals surface area contributed by atoms with Gasteiger partial charge in [0.1, 0.15) is 26.5 Å². The van der Waals surface area contributed by atoms with Gasteiger partial charge >= 0.3 is 12.3 Å². The van der Waals surface area contributed by atoms with Crippen LogP contribution in [0, 0.1) is 0 Å². The van der Waals surface area contributed by atoms with E-state index >= 15 is 0 Å². The second-order valence-electron chi connectivity index (χ2n) is 6.78. The number of pyridine rings is 1.